The lowest BCUT2D eigenvalue weighted by atomic mass is 10.2. The van der Waals surface area contributed by atoms with E-state index in [4.69, 9.17) is 10.5 Å². The zero-order valence-corrected chi connectivity index (χ0v) is 11.8. The van der Waals surface area contributed by atoms with Crippen LogP contribution >= 0.6 is 23.7 Å². The fraction of sp³-hybridized carbons (Fsp3) is 0.500. The molecule has 1 rings (SSSR count). The number of aromatic nitrogens is 1. The maximum Gasteiger partial charge on any atom is 0.228 e. The molecule has 0 aliphatic carbocycles. The SMILES string of the molecule is COC(CN)CC(=O)Nc1ncc(C(C)=O)s1.Cl. The maximum absolute atomic E-state index is 11.6. The van der Waals surface area contributed by atoms with E-state index in [0.29, 0.717) is 10.0 Å². The van der Waals surface area contributed by atoms with Gasteiger partial charge in [-0.2, -0.15) is 0 Å². The number of Topliss-reactive ketones (excluding diaryl/α,β-unsaturated/α-hetero) is 1. The number of ketones is 1. The highest BCUT2D eigenvalue weighted by atomic mass is 35.5. The third-order valence-corrected chi connectivity index (χ3v) is 3.12. The number of nitrogens with two attached hydrogens (primary N) is 1. The Morgan fingerprint density at radius 1 is 1.61 bits per heavy atom. The summed E-state index contributed by atoms with van der Waals surface area (Å²) in [6.07, 6.45) is 1.31. The number of amides is 1. The van der Waals surface area contributed by atoms with Crippen LogP contribution in [0.4, 0.5) is 5.13 Å². The second-order valence-electron chi connectivity index (χ2n) is 3.43. The minimum Gasteiger partial charge on any atom is -0.380 e. The molecule has 0 aliphatic heterocycles. The molecule has 8 heteroatoms. The largest absolute Gasteiger partial charge is 0.380 e. The Morgan fingerprint density at radius 3 is 2.72 bits per heavy atom. The van der Waals surface area contributed by atoms with Crippen LogP contribution in [-0.4, -0.2) is 36.4 Å². The van der Waals surface area contributed by atoms with Gasteiger partial charge >= 0.3 is 0 Å². The average molecular weight is 294 g/mol. The van der Waals surface area contributed by atoms with Gasteiger partial charge in [0.25, 0.3) is 0 Å². The standard InChI is InChI=1S/C10H15N3O3S.ClH/c1-6(14)8-5-12-10(17-8)13-9(15)3-7(4-11)16-2;/h5,7H,3-4,11H2,1-2H3,(H,12,13,15);1H. The van der Waals surface area contributed by atoms with Crippen molar-refractivity contribution >= 4 is 40.6 Å². The molecule has 18 heavy (non-hydrogen) atoms. The molecule has 1 unspecified atom stereocenters. The molecule has 1 aromatic rings. The molecule has 0 fully saturated rings. The number of nitrogens with zero attached hydrogens (tertiary/aromatic N) is 1. The van der Waals surface area contributed by atoms with Gasteiger partial charge in [-0.3, -0.25) is 9.59 Å². The molecule has 1 heterocycles. The molecule has 1 amide bonds. The number of carbonyl (C=O) groups is 2. The van der Waals surface area contributed by atoms with Gasteiger partial charge in [0.05, 0.1) is 23.6 Å². The van der Waals surface area contributed by atoms with Crippen LogP contribution in [0.1, 0.15) is 23.0 Å². The van der Waals surface area contributed by atoms with Gasteiger partial charge in [0.2, 0.25) is 5.91 Å². The predicted molar refractivity (Wildman–Crippen MR) is 72.5 cm³/mol. The summed E-state index contributed by atoms with van der Waals surface area (Å²) in [7, 11) is 1.50. The van der Waals surface area contributed by atoms with Gasteiger partial charge in [0.15, 0.2) is 10.9 Å². The van der Waals surface area contributed by atoms with Crippen molar-refractivity contribution in [1.29, 1.82) is 0 Å². The van der Waals surface area contributed by atoms with Crippen molar-refractivity contribution in [2.75, 3.05) is 19.0 Å². The predicted octanol–water partition coefficient (Wildman–Crippen LogP) is 1.07. The lowest BCUT2D eigenvalue weighted by Gasteiger charge is -2.11. The summed E-state index contributed by atoms with van der Waals surface area (Å²) in [5.74, 6) is -0.300. The van der Waals surface area contributed by atoms with Gasteiger partial charge in [0, 0.05) is 20.6 Å². The highest BCUT2D eigenvalue weighted by Gasteiger charge is 2.13. The molecule has 0 saturated carbocycles. The zero-order chi connectivity index (χ0) is 12.8. The zero-order valence-electron chi connectivity index (χ0n) is 10.1. The van der Waals surface area contributed by atoms with Crippen molar-refractivity contribution in [2.24, 2.45) is 5.73 Å². The van der Waals surface area contributed by atoms with Gasteiger partial charge < -0.3 is 15.8 Å². The van der Waals surface area contributed by atoms with Crippen LogP contribution in [0.3, 0.4) is 0 Å². The Kier molecular flexibility index (Phi) is 7.69. The maximum atomic E-state index is 11.6. The van der Waals surface area contributed by atoms with Gasteiger partial charge in [-0.25, -0.2) is 4.98 Å². The van der Waals surface area contributed by atoms with Crippen molar-refractivity contribution in [3.8, 4) is 0 Å². The van der Waals surface area contributed by atoms with E-state index in [1.807, 2.05) is 0 Å². The molecule has 0 radical (unpaired) electrons. The molecule has 0 saturated heterocycles. The molecular weight excluding hydrogens is 278 g/mol. The molecule has 0 bridgehead atoms. The topological polar surface area (TPSA) is 94.3 Å². The fourth-order valence-electron chi connectivity index (χ4n) is 1.13. The van der Waals surface area contributed by atoms with Crippen molar-refractivity contribution < 1.29 is 14.3 Å². The van der Waals surface area contributed by atoms with Gasteiger partial charge in [-0.05, 0) is 0 Å². The number of anilines is 1. The summed E-state index contributed by atoms with van der Waals surface area (Å²) in [6.45, 7) is 1.73. The van der Waals surface area contributed by atoms with Crippen molar-refractivity contribution in [3.05, 3.63) is 11.1 Å². The fourth-order valence-corrected chi connectivity index (χ4v) is 1.86. The number of ether oxygens (including phenoxy) is 1. The van der Waals surface area contributed by atoms with Crippen molar-refractivity contribution in [3.63, 3.8) is 0 Å². The summed E-state index contributed by atoms with van der Waals surface area (Å²) in [5, 5.41) is 3.01. The summed E-state index contributed by atoms with van der Waals surface area (Å²) >= 11 is 1.15. The van der Waals surface area contributed by atoms with E-state index in [1.165, 1.54) is 20.2 Å². The number of thiazole rings is 1. The minimum atomic E-state index is -0.303. The summed E-state index contributed by atoms with van der Waals surface area (Å²) in [6, 6.07) is 0. The lowest BCUT2D eigenvalue weighted by molar-refractivity contribution is -0.118. The summed E-state index contributed by atoms with van der Waals surface area (Å²) in [5.41, 5.74) is 5.41. The van der Waals surface area contributed by atoms with E-state index in [-0.39, 0.29) is 43.2 Å². The van der Waals surface area contributed by atoms with E-state index in [9.17, 15) is 9.59 Å². The molecule has 0 spiro atoms. The van der Waals surface area contributed by atoms with Crippen LogP contribution in [0.2, 0.25) is 0 Å². The van der Waals surface area contributed by atoms with E-state index >= 15 is 0 Å². The second kappa shape index (κ2) is 8.15. The first-order valence-corrected chi connectivity index (χ1v) is 5.88. The van der Waals surface area contributed by atoms with E-state index in [0.717, 1.165) is 11.3 Å². The monoisotopic (exact) mass is 293 g/mol. The number of methoxy groups -OCH3 is 1. The number of rotatable bonds is 6. The minimum absolute atomic E-state index is 0. The molecule has 6 nitrogen and oxygen atoms in total. The highest BCUT2D eigenvalue weighted by molar-refractivity contribution is 7.17. The highest BCUT2D eigenvalue weighted by Crippen LogP contribution is 2.18. The quantitative estimate of drug-likeness (QED) is 0.765. The number of hydrogen-bond donors (Lipinski definition) is 2. The molecule has 0 aromatic carbocycles. The first-order valence-electron chi connectivity index (χ1n) is 5.06. The molecule has 102 valence electrons. The molecule has 3 N–H and O–H groups in total. The van der Waals surface area contributed by atoms with Crippen molar-refractivity contribution in [2.45, 2.75) is 19.4 Å². The lowest BCUT2D eigenvalue weighted by Crippen LogP contribution is -2.28. The van der Waals surface area contributed by atoms with Gasteiger partial charge in [-0.15, -0.1) is 12.4 Å². The molecule has 1 aromatic heterocycles. The Balaban J connectivity index is 0.00000289. The van der Waals surface area contributed by atoms with Crippen LogP contribution in [0.5, 0.6) is 0 Å². The van der Waals surface area contributed by atoms with E-state index in [2.05, 4.69) is 10.3 Å². The third-order valence-electron chi connectivity index (χ3n) is 2.11. The molecule has 0 aliphatic rings. The first kappa shape index (κ1) is 17.0. The number of carbonyl (C=O) groups excluding carboxylic acids is 2. The summed E-state index contributed by atoms with van der Waals surface area (Å²) in [4.78, 5) is 27.0. The van der Waals surface area contributed by atoms with Gasteiger partial charge in [0.1, 0.15) is 0 Å². The Bertz CT molecular complexity index is 407. The van der Waals surface area contributed by atoms with Crippen molar-refractivity contribution in [1.82, 2.24) is 4.98 Å². The van der Waals surface area contributed by atoms with E-state index < -0.39 is 0 Å². The van der Waals surface area contributed by atoms with Crippen LogP contribution in [0, 0.1) is 0 Å². The van der Waals surface area contributed by atoms with Crippen LogP contribution in [-0.2, 0) is 9.53 Å². The van der Waals surface area contributed by atoms with Crippen LogP contribution in [0.25, 0.3) is 0 Å². The Labute approximate surface area is 115 Å². The Morgan fingerprint density at radius 2 is 2.28 bits per heavy atom. The molecule has 1 atom stereocenters. The second-order valence-corrected chi connectivity index (χ2v) is 4.46. The van der Waals surface area contributed by atoms with E-state index in [1.54, 1.807) is 0 Å². The Hall–Kier alpha value is -1.02. The third kappa shape index (κ3) is 5.09. The van der Waals surface area contributed by atoms with Gasteiger partial charge in [-0.1, -0.05) is 11.3 Å². The smallest absolute Gasteiger partial charge is 0.228 e. The summed E-state index contributed by atoms with van der Waals surface area (Å²) < 4.78 is 4.99. The normalized spacial score (nSPS) is 11.5. The molecular formula is C10H16ClN3O3S. The van der Waals surface area contributed by atoms with Crippen LogP contribution in [0.15, 0.2) is 6.20 Å². The van der Waals surface area contributed by atoms with Crippen LogP contribution < -0.4 is 11.1 Å². The number of nitrogens with one attached hydrogen (secondary N) is 1. The average Bonchev–Trinajstić information content (AvgIpc) is 2.74. The number of hydrogen-bond acceptors (Lipinski definition) is 6. The number of halogens is 1. The first-order chi connectivity index (χ1) is 8.06.